The summed E-state index contributed by atoms with van der Waals surface area (Å²) in [4.78, 5) is 27.0. The molecule has 0 radical (unpaired) electrons. The fourth-order valence-electron chi connectivity index (χ4n) is 2.95. The van der Waals surface area contributed by atoms with Gasteiger partial charge in [-0.2, -0.15) is 0 Å². The summed E-state index contributed by atoms with van der Waals surface area (Å²) in [7, 11) is 0. The van der Waals surface area contributed by atoms with Crippen molar-refractivity contribution in [2.45, 2.75) is 33.2 Å². The molecule has 1 heterocycles. The maximum atomic E-state index is 12.8. The minimum atomic E-state index is -0.500. The minimum Gasteiger partial charge on any atom is -0.341 e. The number of hydrogen-bond acceptors (Lipinski definition) is 3. The van der Waals surface area contributed by atoms with E-state index in [1.54, 1.807) is 6.07 Å². The topological polar surface area (TPSA) is 75.4 Å². The van der Waals surface area contributed by atoms with Gasteiger partial charge in [0.05, 0.1) is 0 Å². The van der Waals surface area contributed by atoms with E-state index in [4.69, 9.17) is 5.73 Å². The summed E-state index contributed by atoms with van der Waals surface area (Å²) in [6.07, 6.45) is 0.943. The first-order valence-electron chi connectivity index (χ1n) is 8.28. The smallest absolute Gasteiger partial charge is 0.251 e. The number of benzene rings is 1. The predicted octanol–water partition coefficient (Wildman–Crippen LogP) is 1.98. The van der Waals surface area contributed by atoms with E-state index in [1.807, 2.05) is 43.9 Å². The molecule has 6 heteroatoms. The summed E-state index contributed by atoms with van der Waals surface area (Å²) in [5.41, 5.74) is 7.31. The summed E-state index contributed by atoms with van der Waals surface area (Å²) in [6.45, 7) is 7.87. The normalized spacial score (nSPS) is 18.2. The van der Waals surface area contributed by atoms with E-state index in [0.717, 1.165) is 18.5 Å². The Morgan fingerprint density at radius 3 is 2.62 bits per heavy atom. The Balaban J connectivity index is 0.00000288. The van der Waals surface area contributed by atoms with Gasteiger partial charge in [-0.05, 0) is 43.9 Å². The third-order valence-corrected chi connectivity index (χ3v) is 4.43. The van der Waals surface area contributed by atoms with Gasteiger partial charge in [0.15, 0.2) is 0 Å². The number of carbonyl (C=O) groups excluding carboxylic acids is 2. The molecule has 24 heavy (non-hydrogen) atoms. The summed E-state index contributed by atoms with van der Waals surface area (Å²) >= 11 is 0. The van der Waals surface area contributed by atoms with Crippen LogP contribution >= 0.6 is 12.4 Å². The minimum absolute atomic E-state index is 0. The number of rotatable bonds is 5. The zero-order chi connectivity index (χ0) is 17.0. The van der Waals surface area contributed by atoms with E-state index >= 15 is 0 Å². The van der Waals surface area contributed by atoms with Crippen molar-refractivity contribution in [1.29, 1.82) is 0 Å². The summed E-state index contributed by atoms with van der Waals surface area (Å²) in [5.74, 6) is 0.208. The van der Waals surface area contributed by atoms with Crippen LogP contribution in [-0.2, 0) is 4.79 Å². The molecule has 0 saturated carbocycles. The molecule has 0 spiro atoms. The summed E-state index contributed by atoms with van der Waals surface area (Å²) in [6, 6.07) is 6.89. The standard InChI is InChI=1S/C18H27N3O2.ClH/c1-12(2)16(18(23)21-8-7-14(10-19)11-21)20-17(22)15-6-4-5-13(3)9-15;/h4-6,9,12,14,16H,7-8,10-11,19H2,1-3H3,(H,20,22);1H. The van der Waals surface area contributed by atoms with Gasteiger partial charge in [0.25, 0.3) is 5.91 Å². The molecule has 5 nitrogen and oxygen atoms in total. The molecule has 1 aliphatic rings. The number of nitrogens with one attached hydrogen (secondary N) is 1. The maximum absolute atomic E-state index is 12.8. The first-order chi connectivity index (χ1) is 10.9. The van der Waals surface area contributed by atoms with Crippen LogP contribution in [0.3, 0.4) is 0 Å². The quantitative estimate of drug-likeness (QED) is 0.849. The van der Waals surface area contributed by atoms with Crippen molar-refractivity contribution in [3.63, 3.8) is 0 Å². The molecule has 3 N–H and O–H groups in total. The first-order valence-corrected chi connectivity index (χ1v) is 8.28. The van der Waals surface area contributed by atoms with Crippen LogP contribution in [0.25, 0.3) is 0 Å². The lowest BCUT2D eigenvalue weighted by molar-refractivity contribution is -0.133. The van der Waals surface area contributed by atoms with Gasteiger partial charge in [0, 0.05) is 18.7 Å². The largest absolute Gasteiger partial charge is 0.341 e. The lowest BCUT2D eigenvalue weighted by Gasteiger charge is -2.27. The number of carbonyl (C=O) groups is 2. The van der Waals surface area contributed by atoms with Crippen molar-refractivity contribution in [3.8, 4) is 0 Å². The average molecular weight is 354 g/mol. The Kier molecular flexibility index (Phi) is 7.70. The Bertz CT molecular complexity index is 577. The molecule has 1 saturated heterocycles. The molecule has 2 unspecified atom stereocenters. The van der Waals surface area contributed by atoms with Gasteiger partial charge in [-0.1, -0.05) is 31.5 Å². The van der Waals surface area contributed by atoms with Crippen LogP contribution in [-0.4, -0.2) is 42.4 Å². The van der Waals surface area contributed by atoms with Crippen LogP contribution in [0.5, 0.6) is 0 Å². The van der Waals surface area contributed by atoms with Gasteiger partial charge < -0.3 is 16.0 Å². The Morgan fingerprint density at radius 2 is 2.08 bits per heavy atom. The van der Waals surface area contributed by atoms with Crippen LogP contribution in [0.4, 0.5) is 0 Å². The number of nitrogens with two attached hydrogens (primary N) is 1. The molecule has 1 aliphatic heterocycles. The molecular weight excluding hydrogens is 326 g/mol. The van der Waals surface area contributed by atoms with Crippen molar-refractivity contribution in [2.75, 3.05) is 19.6 Å². The van der Waals surface area contributed by atoms with Crippen molar-refractivity contribution in [3.05, 3.63) is 35.4 Å². The molecule has 0 bridgehead atoms. The third kappa shape index (κ3) is 4.95. The van der Waals surface area contributed by atoms with Gasteiger partial charge in [-0.15, -0.1) is 12.4 Å². The highest BCUT2D eigenvalue weighted by Crippen LogP contribution is 2.18. The van der Waals surface area contributed by atoms with Crippen molar-refractivity contribution in [1.82, 2.24) is 10.2 Å². The second kappa shape index (κ2) is 9.04. The molecule has 1 aromatic rings. The summed E-state index contributed by atoms with van der Waals surface area (Å²) in [5, 5.41) is 2.91. The lowest BCUT2D eigenvalue weighted by Crippen LogP contribution is -2.50. The Morgan fingerprint density at radius 1 is 1.38 bits per heavy atom. The fourth-order valence-corrected chi connectivity index (χ4v) is 2.95. The highest BCUT2D eigenvalue weighted by atomic mass is 35.5. The number of aryl methyl sites for hydroxylation is 1. The second-order valence-electron chi connectivity index (χ2n) is 6.74. The highest BCUT2D eigenvalue weighted by molar-refractivity contribution is 5.97. The Labute approximate surface area is 150 Å². The van der Waals surface area contributed by atoms with Crippen LogP contribution < -0.4 is 11.1 Å². The molecule has 2 atom stereocenters. The van der Waals surface area contributed by atoms with Crippen LogP contribution in [0, 0.1) is 18.8 Å². The monoisotopic (exact) mass is 353 g/mol. The number of nitrogens with zero attached hydrogens (tertiary/aromatic N) is 1. The van der Waals surface area contributed by atoms with E-state index in [2.05, 4.69) is 5.32 Å². The molecule has 2 amide bonds. The molecule has 2 rings (SSSR count). The van der Waals surface area contributed by atoms with Crippen LogP contribution in [0.2, 0.25) is 0 Å². The third-order valence-electron chi connectivity index (χ3n) is 4.43. The number of amides is 2. The molecule has 0 aliphatic carbocycles. The molecular formula is C18H28ClN3O2. The van der Waals surface area contributed by atoms with Crippen molar-refractivity contribution in [2.24, 2.45) is 17.6 Å². The van der Waals surface area contributed by atoms with Gasteiger partial charge in [0.1, 0.15) is 6.04 Å². The van der Waals surface area contributed by atoms with E-state index in [-0.39, 0.29) is 30.1 Å². The molecule has 1 fully saturated rings. The summed E-state index contributed by atoms with van der Waals surface area (Å²) < 4.78 is 0. The van der Waals surface area contributed by atoms with Crippen LogP contribution in [0.1, 0.15) is 36.2 Å². The van der Waals surface area contributed by atoms with Crippen molar-refractivity contribution < 1.29 is 9.59 Å². The van der Waals surface area contributed by atoms with Gasteiger partial charge in [0.2, 0.25) is 5.91 Å². The molecule has 134 valence electrons. The number of halogens is 1. The maximum Gasteiger partial charge on any atom is 0.251 e. The van der Waals surface area contributed by atoms with E-state index in [9.17, 15) is 9.59 Å². The zero-order valence-electron chi connectivity index (χ0n) is 14.6. The van der Waals surface area contributed by atoms with E-state index in [0.29, 0.717) is 24.6 Å². The lowest BCUT2D eigenvalue weighted by atomic mass is 10.0. The second-order valence-corrected chi connectivity index (χ2v) is 6.74. The predicted molar refractivity (Wildman–Crippen MR) is 98.3 cm³/mol. The highest BCUT2D eigenvalue weighted by Gasteiger charge is 2.32. The van der Waals surface area contributed by atoms with Crippen molar-refractivity contribution >= 4 is 24.2 Å². The molecule has 1 aromatic carbocycles. The van der Waals surface area contributed by atoms with Gasteiger partial charge in [-0.25, -0.2) is 0 Å². The van der Waals surface area contributed by atoms with Crippen LogP contribution in [0.15, 0.2) is 24.3 Å². The average Bonchev–Trinajstić information content (AvgIpc) is 3.00. The zero-order valence-corrected chi connectivity index (χ0v) is 15.4. The molecule has 0 aromatic heterocycles. The first kappa shape index (κ1) is 20.5. The van der Waals surface area contributed by atoms with E-state index in [1.165, 1.54) is 0 Å². The van der Waals surface area contributed by atoms with Gasteiger partial charge >= 0.3 is 0 Å². The SMILES string of the molecule is Cc1cccc(C(=O)NC(C(=O)N2CCC(CN)C2)C(C)C)c1.Cl. The number of hydrogen-bond donors (Lipinski definition) is 2. The van der Waals surface area contributed by atoms with Gasteiger partial charge in [-0.3, -0.25) is 9.59 Å². The Hall–Kier alpha value is -1.59. The van der Waals surface area contributed by atoms with E-state index < -0.39 is 6.04 Å². The number of likely N-dealkylation sites (tertiary alicyclic amines) is 1. The fraction of sp³-hybridized carbons (Fsp3) is 0.556.